The number of carbonyl (C=O) groups excluding carboxylic acids is 1. The lowest BCUT2D eigenvalue weighted by molar-refractivity contribution is 0.0976. The van der Waals surface area contributed by atoms with Gasteiger partial charge in [-0.2, -0.15) is 5.10 Å². The van der Waals surface area contributed by atoms with E-state index in [1.165, 1.54) is 6.07 Å². The van der Waals surface area contributed by atoms with Crippen LogP contribution in [0.4, 0.5) is 10.1 Å². The summed E-state index contributed by atoms with van der Waals surface area (Å²) in [7, 11) is 0. The van der Waals surface area contributed by atoms with Crippen molar-refractivity contribution >= 4 is 17.6 Å². The third-order valence-corrected chi connectivity index (χ3v) is 5.23. The molecule has 0 spiro atoms. The summed E-state index contributed by atoms with van der Waals surface area (Å²) in [5.41, 5.74) is 4.58. The summed E-state index contributed by atoms with van der Waals surface area (Å²) in [6.45, 7) is 8.98. The van der Waals surface area contributed by atoms with Crippen LogP contribution in [-0.2, 0) is 19.5 Å². The quantitative estimate of drug-likeness (QED) is 0.405. The molecule has 6 nitrogen and oxygen atoms in total. The lowest BCUT2D eigenvalue weighted by atomic mass is 10.1. The second-order valence-electron chi connectivity index (χ2n) is 7.72. The second kappa shape index (κ2) is 10.7. The predicted molar refractivity (Wildman–Crippen MR) is 126 cm³/mol. The van der Waals surface area contributed by atoms with Crippen LogP contribution in [0.15, 0.2) is 53.7 Å². The number of nitrogens with one attached hydrogen (secondary N) is 2. The molecule has 1 heterocycles. The molecule has 0 aliphatic heterocycles. The maximum absolute atomic E-state index is 14.0. The van der Waals surface area contributed by atoms with Gasteiger partial charge in [-0.3, -0.25) is 14.8 Å². The number of hydrogen-bond acceptors (Lipinski definition) is 3. The van der Waals surface area contributed by atoms with E-state index >= 15 is 0 Å². The molecule has 2 N–H and O–H groups in total. The van der Waals surface area contributed by atoms with Gasteiger partial charge in [-0.05, 0) is 56.0 Å². The average molecular weight is 436 g/mol. The second-order valence-corrected chi connectivity index (χ2v) is 7.72. The molecule has 1 aromatic heterocycles. The molecule has 1 amide bonds. The number of aromatic nitrogens is 2. The molecule has 0 radical (unpaired) electrons. The first kappa shape index (κ1) is 23.2. The first-order chi connectivity index (χ1) is 15.4. The number of benzene rings is 2. The molecular weight excluding hydrogens is 405 g/mol. The molecule has 7 heteroatoms. The predicted octanol–water partition coefficient (Wildman–Crippen LogP) is 5.01. The van der Waals surface area contributed by atoms with Gasteiger partial charge >= 0.3 is 0 Å². The van der Waals surface area contributed by atoms with Crippen molar-refractivity contribution in [3.8, 4) is 0 Å². The topological polar surface area (TPSA) is 71.3 Å². The van der Waals surface area contributed by atoms with E-state index in [4.69, 9.17) is 0 Å². The third kappa shape index (κ3) is 5.81. The Hall–Kier alpha value is -3.48. The van der Waals surface area contributed by atoms with Crippen molar-refractivity contribution < 1.29 is 9.18 Å². The van der Waals surface area contributed by atoms with Crippen LogP contribution in [-0.4, -0.2) is 21.6 Å². The highest BCUT2D eigenvalue weighted by Crippen LogP contribution is 2.16. The van der Waals surface area contributed by atoms with Crippen LogP contribution in [0, 0.1) is 19.7 Å². The van der Waals surface area contributed by atoms with E-state index < -0.39 is 11.7 Å². The van der Waals surface area contributed by atoms with E-state index in [-0.39, 0.29) is 5.56 Å². The van der Waals surface area contributed by atoms with Crippen LogP contribution in [0.5, 0.6) is 0 Å². The molecule has 0 fully saturated rings. The van der Waals surface area contributed by atoms with E-state index in [0.29, 0.717) is 18.1 Å². The Morgan fingerprint density at radius 2 is 1.91 bits per heavy atom. The zero-order chi connectivity index (χ0) is 23.1. The van der Waals surface area contributed by atoms with Crippen molar-refractivity contribution in [1.29, 1.82) is 0 Å². The van der Waals surface area contributed by atoms with Gasteiger partial charge in [0, 0.05) is 29.6 Å². The fraction of sp³-hybridized carbons (Fsp3) is 0.320. The van der Waals surface area contributed by atoms with Crippen molar-refractivity contribution in [2.75, 3.05) is 5.32 Å². The smallest absolute Gasteiger partial charge is 0.258 e. The molecule has 3 aromatic rings. The molecular formula is C25H30FN5O. The molecule has 168 valence electrons. The molecule has 2 aromatic carbocycles. The minimum absolute atomic E-state index is 0.235. The Labute approximate surface area is 188 Å². The fourth-order valence-electron chi connectivity index (χ4n) is 3.32. The maximum Gasteiger partial charge on any atom is 0.258 e. The summed E-state index contributed by atoms with van der Waals surface area (Å²) in [6.07, 6.45) is 3.81. The molecule has 0 saturated carbocycles. The fourth-order valence-corrected chi connectivity index (χ4v) is 3.32. The van der Waals surface area contributed by atoms with Gasteiger partial charge in [-0.1, -0.05) is 38.1 Å². The molecule has 0 atom stereocenters. The number of para-hydroxylation sites is 1. The van der Waals surface area contributed by atoms with E-state index in [1.807, 2.05) is 42.1 Å². The van der Waals surface area contributed by atoms with Gasteiger partial charge in [0.05, 0.1) is 12.2 Å². The van der Waals surface area contributed by atoms with Crippen LogP contribution in [0.25, 0.3) is 0 Å². The number of amides is 1. The van der Waals surface area contributed by atoms with Crippen LogP contribution >= 0.6 is 0 Å². The number of aryl methyl sites for hydroxylation is 4. The third-order valence-electron chi connectivity index (χ3n) is 5.23. The summed E-state index contributed by atoms with van der Waals surface area (Å²) in [5, 5.41) is 10.6. The normalized spacial score (nSPS) is 11.5. The number of carbonyl (C=O) groups is 1. The number of nitrogens with zero attached hydrogens (tertiary/aromatic N) is 3. The Balaban J connectivity index is 1.87. The van der Waals surface area contributed by atoms with Gasteiger partial charge in [-0.15, -0.1) is 0 Å². The van der Waals surface area contributed by atoms with Gasteiger partial charge in [-0.25, -0.2) is 9.38 Å². The first-order valence-electron chi connectivity index (χ1n) is 10.9. The zero-order valence-electron chi connectivity index (χ0n) is 19.1. The lowest BCUT2D eigenvalue weighted by Gasteiger charge is -2.14. The van der Waals surface area contributed by atoms with Crippen molar-refractivity contribution in [3.05, 3.63) is 82.4 Å². The minimum Gasteiger partial charge on any atom is -0.326 e. The zero-order valence-corrected chi connectivity index (χ0v) is 19.1. The van der Waals surface area contributed by atoms with E-state index in [1.54, 1.807) is 19.1 Å². The summed E-state index contributed by atoms with van der Waals surface area (Å²) in [6, 6.07) is 12.3. The highest BCUT2D eigenvalue weighted by Gasteiger charge is 2.13. The largest absolute Gasteiger partial charge is 0.326 e. The Kier molecular flexibility index (Phi) is 7.76. The van der Waals surface area contributed by atoms with Crippen LogP contribution < -0.4 is 10.6 Å². The summed E-state index contributed by atoms with van der Waals surface area (Å²) >= 11 is 0. The highest BCUT2D eigenvalue weighted by molar-refractivity contribution is 6.10. The number of hydrogen-bond donors (Lipinski definition) is 2. The van der Waals surface area contributed by atoms with E-state index in [9.17, 15) is 9.18 Å². The maximum atomic E-state index is 14.0. The molecule has 0 bridgehead atoms. The van der Waals surface area contributed by atoms with Crippen LogP contribution in [0.2, 0.25) is 0 Å². The van der Waals surface area contributed by atoms with Crippen molar-refractivity contribution in [1.82, 2.24) is 15.1 Å². The Bertz CT molecular complexity index is 1120. The standard InChI is InChI=1S/C25H30FN5O/c1-5-13-31-16-21(18(4)30-31)15-27-25(28-23-10-8-7-9-19(23)6-2)29-24(32)20-12-11-17(3)22(26)14-20/h7-12,14,16H,5-6,13,15H2,1-4H3,(H2,27,28,29,32). The number of guanidine groups is 1. The Morgan fingerprint density at radius 1 is 1.12 bits per heavy atom. The van der Waals surface area contributed by atoms with Crippen LogP contribution in [0.3, 0.4) is 0 Å². The minimum atomic E-state index is -0.428. The molecule has 32 heavy (non-hydrogen) atoms. The summed E-state index contributed by atoms with van der Waals surface area (Å²) in [5.74, 6) is -0.540. The van der Waals surface area contributed by atoms with Crippen molar-refractivity contribution in [2.45, 2.75) is 53.6 Å². The molecule has 0 aliphatic rings. The molecule has 3 rings (SSSR count). The van der Waals surface area contributed by atoms with Crippen LogP contribution in [0.1, 0.15) is 53.0 Å². The van der Waals surface area contributed by atoms with Gasteiger partial charge in [0.25, 0.3) is 5.91 Å². The number of halogens is 1. The SMILES string of the molecule is CCCn1cc(CN=C(NC(=O)c2ccc(C)c(F)c2)Nc2ccccc2CC)c(C)n1. The monoisotopic (exact) mass is 435 g/mol. The van der Waals surface area contributed by atoms with Crippen molar-refractivity contribution in [3.63, 3.8) is 0 Å². The summed E-state index contributed by atoms with van der Waals surface area (Å²) in [4.78, 5) is 17.4. The van der Waals surface area contributed by atoms with Gasteiger partial charge in [0.2, 0.25) is 5.96 Å². The number of aliphatic imine (C=N–C) groups is 1. The lowest BCUT2D eigenvalue weighted by Crippen LogP contribution is -2.36. The van der Waals surface area contributed by atoms with E-state index in [0.717, 1.165) is 41.9 Å². The molecule has 0 saturated heterocycles. The average Bonchev–Trinajstić information content (AvgIpc) is 3.13. The molecule has 0 aliphatic carbocycles. The van der Waals surface area contributed by atoms with Gasteiger partial charge in [0.15, 0.2) is 0 Å². The molecule has 0 unspecified atom stereocenters. The first-order valence-corrected chi connectivity index (χ1v) is 10.9. The number of rotatable bonds is 7. The van der Waals surface area contributed by atoms with Gasteiger partial charge in [0.1, 0.15) is 5.82 Å². The van der Waals surface area contributed by atoms with Crippen molar-refractivity contribution in [2.24, 2.45) is 4.99 Å². The van der Waals surface area contributed by atoms with E-state index in [2.05, 4.69) is 34.6 Å². The number of anilines is 1. The Morgan fingerprint density at radius 3 is 2.62 bits per heavy atom. The summed E-state index contributed by atoms with van der Waals surface area (Å²) < 4.78 is 15.9. The van der Waals surface area contributed by atoms with Gasteiger partial charge < -0.3 is 5.32 Å². The highest BCUT2D eigenvalue weighted by atomic mass is 19.1.